The molecule has 32 heavy (non-hydrogen) atoms. The molecule has 3 N–H and O–H groups in total. The highest BCUT2D eigenvalue weighted by Crippen LogP contribution is 2.27. The number of aromatic nitrogens is 3. The zero-order valence-corrected chi connectivity index (χ0v) is 18.6. The lowest BCUT2D eigenvalue weighted by Crippen LogP contribution is -2.28. The lowest BCUT2D eigenvalue weighted by atomic mass is 10.1. The van der Waals surface area contributed by atoms with Gasteiger partial charge in [0, 0.05) is 36.7 Å². The number of hydrogen-bond donors (Lipinski definition) is 3. The number of anilines is 1. The number of aromatic amines is 1. The summed E-state index contributed by atoms with van der Waals surface area (Å²) in [6.07, 6.45) is 2.42. The summed E-state index contributed by atoms with van der Waals surface area (Å²) in [7, 11) is -3.56. The lowest BCUT2D eigenvalue weighted by Gasteiger charge is -2.10. The first-order valence-corrected chi connectivity index (χ1v) is 12.2. The predicted molar refractivity (Wildman–Crippen MR) is 119 cm³/mol. The summed E-state index contributed by atoms with van der Waals surface area (Å²) in [5.41, 5.74) is 1.33. The summed E-state index contributed by atoms with van der Waals surface area (Å²) < 4.78 is 23.2. The number of benzene rings is 2. The maximum atomic E-state index is 12.3. The molecule has 0 aliphatic rings. The van der Waals surface area contributed by atoms with Crippen LogP contribution in [0.5, 0.6) is 0 Å². The van der Waals surface area contributed by atoms with Gasteiger partial charge in [0.15, 0.2) is 15.0 Å². The monoisotopic (exact) mass is 476 g/mol. The molecule has 11 nitrogen and oxygen atoms in total. The third-order valence-electron chi connectivity index (χ3n) is 4.30. The van der Waals surface area contributed by atoms with E-state index in [1.807, 2.05) is 12.1 Å². The molecule has 0 aliphatic heterocycles. The van der Waals surface area contributed by atoms with Crippen molar-refractivity contribution in [3.63, 3.8) is 0 Å². The zero-order chi connectivity index (χ0) is 23.1. The summed E-state index contributed by atoms with van der Waals surface area (Å²) in [5.74, 6) is 0.404. The number of rotatable bonds is 10. The van der Waals surface area contributed by atoms with Crippen LogP contribution in [0.4, 0.5) is 11.4 Å². The van der Waals surface area contributed by atoms with Crippen LogP contribution in [0.2, 0.25) is 0 Å². The van der Waals surface area contributed by atoms with Gasteiger partial charge in [-0.05, 0) is 29.8 Å². The molecule has 0 spiro atoms. The van der Waals surface area contributed by atoms with Gasteiger partial charge in [0.1, 0.15) is 12.0 Å². The third kappa shape index (κ3) is 6.28. The maximum Gasteiger partial charge on any atom is 0.293 e. The van der Waals surface area contributed by atoms with Crippen LogP contribution >= 0.6 is 11.8 Å². The Morgan fingerprint density at radius 3 is 2.56 bits per heavy atom. The molecule has 3 rings (SSSR count). The van der Waals surface area contributed by atoms with Gasteiger partial charge in [-0.25, -0.2) is 13.4 Å². The molecule has 3 aromatic rings. The Labute approximate surface area is 188 Å². The Kier molecular flexibility index (Phi) is 7.43. The van der Waals surface area contributed by atoms with Crippen molar-refractivity contribution in [2.75, 3.05) is 24.7 Å². The SMILES string of the molecule is CS(=O)(=O)c1ccc(NCCNC(=O)c2ccc(CSc3ncn[nH]3)cc2)c([N+](=O)[O-])c1. The predicted octanol–water partition coefficient (Wildman–Crippen LogP) is 2.25. The van der Waals surface area contributed by atoms with Gasteiger partial charge in [-0.1, -0.05) is 23.9 Å². The number of carbonyl (C=O) groups is 1. The summed E-state index contributed by atoms with van der Waals surface area (Å²) in [4.78, 5) is 26.8. The zero-order valence-electron chi connectivity index (χ0n) is 16.9. The standard InChI is InChI=1S/C19H20N6O5S2/c1-32(29,30)15-6-7-16(17(10-15)25(27)28)20-8-9-21-18(26)14-4-2-13(3-5-14)11-31-19-22-12-23-24-19/h2-7,10,12,20H,8-9,11H2,1H3,(H,21,26)(H,22,23,24). The molecule has 0 radical (unpaired) electrons. The van der Waals surface area contributed by atoms with Crippen molar-refractivity contribution in [3.8, 4) is 0 Å². The van der Waals surface area contributed by atoms with E-state index in [1.165, 1.54) is 30.2 Å². The van der Waals surface area contributed by atoms with Gasteiger partial charge >= 0.3 is 0 Å². The second kappa shape index (κ2) is 10.2. The van der Waals surface area contributed by atoms with Gasteiger partial charge in [0.05, 0.1) is 9.82 Å². The molecule has 1 heterocycles. The molecule has 13 heteroatoms. The Morgan fingerprint density at radius 1 is 1.19 bits per heavy atom. The summed E-state index contributed by atoms with van der Waals surface area (Å²) in [5, 5.41) is 24.1. The number of amides is 1. The molecule has 0 atom stereocenters. The first-order chi connectivity index (χ1) is 15.2. The van der Waals surface area contributed by atoms with E-state index < -0.39 is 14.8 Å². The second-order valence-electron chi connectivity index (χ2n) is 6.67. The summed E-state index contributed by atoms with van der Waals surface area (Å²) in [6.45, 7) is 0.434. The van der Waals surface area contributed by atoms with E-state index in [4.69, 9.17) is 0 Å². The van der Waals surface area contributed by atoms with E-state index in [-0.39, 0.29) is 35.3 Å². The summed E-state index contributed by atoms with van der Waals surface area (Å²) in [6, 6.07) is 10.8. The Hall–Kier alpha value is -3.45. The van der Waals surface area contributed by atoms with Crippen LogP contribution in [-0.2, 0) is 15.6 Å². The first-order valence-electron chi connectivity index (χ1n) is 9.32. The fourth-order valence-corrected chi connectivity index (χ4v) is 4.06. The molecule has 0 fully saturated rings. The second-order valence-corrected chi connectivity index (χ2v) is 9.65. The van der Waals surface area contributed by atoms with Crippen molar-refractivity contribution in [1.29, 1.82) is 0 Å². The van der Waals surface area contributed by atoms with E-state index in [1.54, 1.807) is 12.1 Å². The number of thioether (sulfide) groups is 1. The Bertz CT molecular complexity index is 1200. The van der Waals surface area contributed by atoms with Crippen LogP contribution in [-0.4, -0.2) is 53.8 Å². The minimum atomic E-state index is -3.56. The number of carbonyl (C=O) groups excluding carboxylic acids is 1. The third-order valence-corrected chi connectivity index (χ3v) is 6.36. The van der Waals surface area contributed by atoms with Crippen LogP contribution in [0.25, 0.3) is 0 Å². The highest BCUT2D eigenvalue weighted by molar-refractivity contribution is 7.98. The van der Waals surface area contributed by atoms with Crippen molar-refractivity contribution in [2.45, 2.75) is 15.8 Å². The van der Waals surface area contributed by atoms with E-state index in [9.17, 15) is 23.3 Å². The molecular formula is C19H20N6O5S2. The van der Waals surface area contributed by atoms with E-state index >= 15 is 0 Å². The molecule has 1 aromatic heterocycles. The highest BCUT2D eigenvalue weighted by Gasteiger charge is 2.18. The van der Waals surface area contributed by atoms with Crippen LogP contribution in [0.3, 0.4) is 0 Å². The number of nitrogens with one attached hydrogen (secondary N) is 3. The molecular weight excluding hydrogens is 456 g/mol. The minimum absolute atomic E-state index is 0.134. The van der Waals surface area contributed by atoms with E-state index in [0.717, 1.165) is 17.9 Å². The Morgan fingerprint density at radius 2 is 1.94 bits per heavy atom. The number of sulfone groups is 1. The highest BCUT2D eigenvalue weighted by atomic mass is 32.2. The Balaban J connectivity index is 1.50. The molecule has 0 unspecified atom stereocenters. The normalized spacial score (nSPS) is 11.2. The quantitative estimate of drug-likeness (QED) is 0.172. The van der Waals surface area contributed by atoms with Crippen molar-refractivity contribution < 1.29 is 18.1 Å². The van der Waals surface area contributed by atoms with Crippen molar-refractivity contribution in [3.05, 3.63) is 70.0 Å². The molecule has 0 bridgehead atoms. The maximum absolute atomic E-state index is 12.3. The molecule has 0 saturated heterocycles. The van der Waals surface area contributed by atoms with Gasteiger partial charge in [-0.2, -0.15) is 5.10 Å². The molecule has 1 amide bonds. The van der Waals surface area contributed by atoms with Crippen molar-refractivity contribution in [1.82, 2.24) is 20.5 Å². The first kappa shape index (κ1) is 23.2. The number of nitro groups is 1. The van der Waals surface area contributed by atoms with Crippen molar-refractivity contribution >= 4 is 38.9 Å². The largest absolute Gasteiger partial charge is 0.378 e. The average Bonchev–Trinajstić information content (AvgIpc) is 3.28. The van der Waals surface area contributed by atoms with Crippen LogP contribution in [0.15, 0.2) is 58.8 Å². The molecule has 0 saturated carbocycles. The number of H-pyrrole nitrogens is 1. The van der Waals surface area contributed by atoms with E-state index in [2.05, 4.69) is 25.8 Å². The van der Waals surface area contributed by atoms with Gasteiger partial charge < -0.3 is 10.6 Å². The van der Waals surface area contributed by atoms with Gasteiger partial charge in [0.25, 0.3) is 11.6 Å². The minimum Gasteiger partial charge on any atom is -0.378 e. The summed E-state index contributed by atoms with van der Waals surface area (Å²) >= 11 is 1.50. The number of nitro benzene ring substituents is 1. The number of hydrogen-bond acceptors (Lipinski definition) is 9. The topological polar surface area (TPSA) is 160 Å². The fraction of sp³-hybridized carbons (Fsp3) is 0.211. The van der Waals surface area contributed by atoms with E-state index in [0.29, 0.717) is 16.5 Å². The van der Waals surface area contributed by atoms with Gasteiger partial charge in [-0.15, -0.1) is 0 Å². The molecule has 0 aliphatic carbocycles. The number of nitrogens with zero attached hydrogens (tertiary/aromatic N) is 3. The average molecular weight is 477 g/mol. The smallest absolute Gasteiger partial charge is 0.293 e. The van der Waals surface area contributed by atoms with Crippen LogP contribution in [0.1, 0.15) is 15.9 Å². The van der Waals surface area contributed by atoms with Crippen molar-refractivity contribution in [2.24, 2.45) is 0 Å². The lowest BCUT2D eigenvalue weighted by molar-refractivity contribution is -0.384. The van der Waals surface area contributed by atoms with Gasteiger partial charge in [-0.3, -0.25) is 20.0 Å². The molecule has 2 aromatic carbocycles. The van der Waals surface area contributed by atoms with Crippen LogP contribution < -0.4 is 10.6 Å². The fourth-order valence-electron chi connectivity index (χ4n) is 2.69. The van der Waals surface area contributed by atoms with Gasteiger partial charge in [0.2, 0.25) is 0 Å². The van der Waals surface area contributed by atoms with Crippen LogP contribution in [0, 0.1) is 10.1 Å². The molecule has 168 valence electrons.